The number of rotatable bonds is 5. The van der Waals surface area contributed by atoms with Gasteiger partial charge in [0.2, 0.25) is 10.0 Å². The molecule has 7 nitrogen and oxygen atoms in total. The number of nitrogens with one attached hydrogen (secondary N) is 1. The van der Waals surface area contributed by atoms with E-state index < -0.39 is 26.6 Å². The van der Waals surface area contributed by atoms with Crippen LogP contribution in [-0.4, -0.2) is 43.2 Å². The molecule has 2 atom stereocenters. The first kappa shape index (κ1) is 17.6. The van der Waals surface area contributed by atoms with E-state index in [4.69, 9.17) is 11.6 Å². The summed E-state index contributed by atoms with van der Waals surface area (Å²) >= 11 is 6.21. The van der Waals surface area contributed by atoms with E-state index in [2.05, 4.69) is 4.72 Å². The predicted octanol–water partition coefficient (Wildman–Crippen LogP) is 2.11. The van der Waals surface area contributed by atoms with Crippen molar-refractivity contribution in [2.24, 2.45) is 11.8 Å². The van der Waals surface area contributed by atoms with Crippen LogP contribution < -0.4 is 9.62 Å². The SMILES string of the molecule is CC1(S(=O)(=O)NC(=O)c2c(Cl)cc(C(=O)O)cc2N2CC3CC3C2)CC1. The third-order valence-corrected chi connectivity index (χ3v) is 8.15. The third-order valence-electron chi connectivity index (χ3n) is 5.69. The van der Waals surface area contributed by atoms with Crippen LogP contribution in [0.1, 0.15) is 46.9 Å². The van der Waals surface area contributed by atoms with E-state index in [1.165, 1.54) is 12.1 Å². The number of aromatic carboxylic acids is 1. The molecule has 1 aromatic rings. The molecular weight excluding hydrogens is 380 g/mol. The first-order chi connectivity index (χ1) is 12.1. The average molecular weight is 399 g/mol. The zero-order valence-electron chi connectivity index (χ0n) is 14.2. The highest BCUT2D eigenvalue weighted by Crippen LogP contribution is 2.48. The zero-order valence-corrected chi connectivity index (χ0v) is 15.7. The molecule has 3 fully saturated rings. The van der Waals surface area contributed by atoms with Crippen molar-refractivity contribution in [3.05, 3.63) is 28.3 Å². The fraction of sp³-hybridized carbons (Fsp3) is 0.529. The number of amides is 1. The van der Waals surface area contributed by atoms with Gasteiger partial charge < -0.3 is 10.0 Å². The fourth-order valence-electron chi connectivity index (χ4n) is 3.53. The van der Waals surface area contributed by atoms with Gasteiger partial charge in [0.25, 0.3) is 5.91 Å². The smallest absolute Gasteiger partial charge is 0.335 e. The number of halogens is 1. The normalized spacial score (nSPS) is 25.5. The minimum absolute atomic E-state index is 0.0193. The van der Waals surface area contributed by atoms with Gasteiger partial charge in [-0.2, -0.15) is 0 Å². The highest BCUT2D eigenvalue weighted by molar-refractivity contribution is 7.91. The van der Waals surface area contributed by atoms with Gasteiger partial charge in [0.05, 0.1) is 26.6 Å². The van der Waals surface area contributed by atoms with Crippen LogP contribution in [0.5, 0.6) is 0 Å². The number of hydrogen-bond donors (Lipinski definition) is 2. The number of anilines is 1. The summed E-state index contributed by atoms with van der Waals surface area (Å²) in [5, 5.41) is 9.23. The van der Waals surface area contributed by atoms with E-state index in [0.717, 1.165) is 19.5 Å². The summed E-state index contributed by atoms with van der Waals surface area (Å²) in [7, 11) is -3.81. The minimum Gasteiger partial charge on any atom is -0.478 e. The first-order valence-electron chi connectivity index (χ1n) is 8.50. The number of hydrogen-bond acceptors (Lipinski definition) is 5. The molecule has 0 spiro atoms. The number of nitrogens with zero attached hydrogens (tertiary/aromatic N) is 1. The maximum atomic E-state index is 12.8. The quantitative estimate of drug-likeness (QED) is 0.787. The molecule has 1 amide bonds. The van der Waals surface area contributed by atoms with Gasteiger partial charge in [-0.3, -0.25) is 4.79 Å². The Kier molecular flexibility index (Phi) is 3.79. The molecule has 2 unspecified atom stereocenters. The van der Waals surface area contributed by atoms with Crippen molar-refractivity contribution in [3.63, 3.8) is 0 Å². The summed E-state index contributed by atoms with van der Waals surface area (Å²) < 4.78 is 26.0. The highest BCUT2D eigenvalue weighted by Gasteiger charge is 2.51. The second-order valence-electron chi connectivity index (χ2n) is 7.70. The monoisotopic (exact) mass is 398 g/mol. The van der Waals surface area contributed by atoms with Crippen LogP contribution in [-0.2, 0) is 10.0 Å². The number of sulfonamides is 1. The number of benzene rings is 1. The summed E-state index contributed by atoms with van der Waals surface area (Å²) in [6.07, 6.45) is 2.14. The van der Waals surface area contributed by atoms with Crippen LogP contribution in [0.25, 0.3) is 0 Å². The molecule has 26 heavy (non-hydrogen) atoms. The van der Waals surface area contributed by atoms with E-state index in [0.29, 0.717) is 30.4 Å². The third kappa shape index (κ3) is 2.85. The van der Waals surface area contributed by atoms with E-state index in [9.17, 15) is 23.1 Å². The molecule has 140 valence electrons. The topological polar surface area (TPSA) is 104 Å². The van der Waals surface area contributed by atoms with Gasteiger partial charge in [0.15, 0.2) is 0 Å². The number of carbonyl (C=O) groups excluding carboxylic acids is 1. The Labute approximate surface area is 156 Å². The van der Waals surface area contributed by atoms with Crippen molar-refractivity contribution in [1.82, 2.24) is 4.72 Å². The summed E-state index contributed by atoms with van der Waals surface area (Å²) in [6.45, 7) is 3.02. The van der Waals surface area contributed by atoms with Gasteiger partial charge in [0, 0.05) is 13.1 Å². The standard InChI is InChI=1S/C17H19ClN2O5S/c1-17(2-3-17)26(24,25)19-15(21)14-12(18)5-9(16(22)23)6-13(14)20-7-10-4-11(10)8-20/h5-6,10-11H,2-4,7-8H2,1H3,(H,19,21)(H,22,23). The maximum absolute atomic E-state index is 12.8. The van der Waals surface area contributed by atoms with Crippen molar-refractivity contribution in [2.45, 2.75) is 30.9 Å². The molecule has 1 saturated heterocycles. The average Bonchev–Trinajstić information content (AvgIpc) is 3.45. The van der Waals surface area contributed by atoms with Crippen LogP contribution in [0.4, 0.5) is 5.69 Å². The molecule has 2 aliphatic carbocycles. The zero-order chi connectivity index (χ0) is 18.9. The highest BCUT2D eigenvalue weighted by atomic mass is 35.5. The largest absolute Gasteiger partial charge is 0.478 e. The van der Waals surface area contributed by atoms with Crippen molar-refractivity contribution in [2.75, 3.05) is 18.0 Å². The fourth-order valence-corrected chi connectivity index (χ4v) is 5.06. The van der Waals surface area contributed by atoms with E-state index in [1.807, 2.05) is 4.90 Å². The van der Waals surface area contributed by atoms with Gasteiger partial charge in [-0.15, -0.1) is 0 Å². The number of piperidine rings is 1. The van der Waals surface area contributed by atoms with E-state index in [-0.39, 0.29) is 16.1 Å². The summed E-state index contributed by atoms with van der Waals surface area (Å²) in [4.78, 5) is 26.1. The van der Waals surface area contributed by atoms with Crippen LogP contribution in [0.3, 0.4) is 0 Å². The lowest BCUT2D eigenvalue weighted by Crippen LogP contribution is -2.39. The molecule has 2 saturated carbocycles. The maximum Gasteiger partial charge on any atom is 0.335 e. The van der Waals surface area contributed by atoms with Gasteiger partial charge in [-0.1, -0.05) is 11.6 Å². The summed E-state index contributed by atoms with van der Waals surface area (Å²) in [6, 6.07) is 2.59. The molecule has 9 heteroatoms. The molecule has 0 aromatic heterocycles. The molecule has 1 aliphatic heterocycles. The number of carboxylic acids is 1. The van der Waals surface area contributed by atoms with Gasteiger partial charge in [0.1, 0.15) is 0 Å². The summed E-state index contributed by atoms with van der Waals surface area (Å²) in [5.74, 6) is -0.863. The van der Waals surface area contributed by atoms with Crippen LogP contribution in [0.15, 0.2) is 12.1 Å². The Bertz CT molecular complexity index is 915. The van der Waals surface area contributed by atoms with Crippen LogP contribution in [0, 0.1) is 11.8 Å². The van der Waals surface area contributed by atoms with Gasteiger partial charge in [-0.05, 0) is 50.2 Å². The number of carbonyl (C=O) groups is 2. The second-order valence-corrected chi connectivity index (χ2v) is 10.3. The molecule has 3 aliphatic rings. The van der Waals surface area contributed by atoms with Gasteiger partial charge >= 0.3 is 5.97 Å². The first-order valence-corrected chi connectivity index (χ1v) is 10.4. The summed E-state index contributed by atoms with van der Waals surface area (Å²) in [5.41, 5.74) is 0.376. The van der Waals surface area contributed by atoms with E-state index in [1.54, 1.807) is 6.92 Å². The molecule has 1 heterocycles. The van der Waals surface area contributed by atoms with Crippen molar-refractivity contribution in [1.29, 1.82) is 0 Å². The van der Waals surface area contributed by atoms with Crippen LogP contribution >= 0.6 is 11.6 Å². The lowest BCUT2D eigenvalue weighted by molar-refractivity contribution is 0.0696. The predicted molar refractivity (Wildman–Crippen MR) is 96.2 cm³/mol. The Morgan fingerprint density at radius 1 is 1.27 bits per heavy atom. The van der Waals surface area contributed by atoms with Crippen molar-refractivity contribution in [3.8, 4) is 0 Å². The lowest BCUT2D eigenvalue weighted by atomic mass is 10.1. The molecule has 0 radical (unpaired) electrons. The molecule has 0 bridgehead atoms. The Morgan fingerprint density at radius 2 is 1.88 bits per heavy atom. The van der Waals surface area contributed by atoms with Crippen molar-refractivity contribution >= 4 is 39.2 Å². The molecule has 4 rings (SSSR count). The van der Waals surface area contributed by atoms with E-state index >= 15 is 0 Å². The molecular formula is C17H19ClN2O5S. The van der Waals surface area contributed by atoms with Crippen LogP contribution in [0.2, 0.25) is 5.02 Å². The Morgan fingerprint density at radius 3 is 2.42 bits per heavy atom. The van der Waals surface area contributed by atoms with Gasteiger partial charge in [-0.25, -0.2) is 17.9 Å². The van der Waals surface area contributed by atoms with Crippen molar-refractivity contribution < 1.29 is 23.1 Å². The Hall–Kier alpha value is -1.80. The number of fused-ring (bicyclic) bond motifs is 1. The second kappa shape index (κ2) is 5.60. The lowest BCUT2D eigenvalue weighted by Gasteiger charge is -2.24. The number of carboxylic acid groups (broad SMARTS) is 1. The molecule has 1 aromatic carbocycles. The Balaban J connectivity index is 1.72. The molecule has 2 N–H and O–H groups in total. The minimum atomic E-state index is -3.81.